The molecular weight excluding hydrogens is 427 g/mol. The van der Waals surface area contributed by atoms with Crippen LogP contribution in [0.1, 0.15) is 5.56 Å². The Morgan fingerprint density at radius 1 is 0.900 bits per heavy atom. The topological polar surface area (TPSA) is 80.2 Å². The SMILES string of the molecule is O=C(COc1ccc(Cl)cc1Cl)NN=C(COc1ccccc1O)c1ccccc1. The maximum Gasteiger partial charge on any atom is 0.277 e. The van der Waals surface area contributed by atoms with E-state index >= 15 is 0 Å². The van der Waals surface area contributed by atoms with Crippen molar-refractivity contribution < 1.29 is 19.4 Å². The molecule has 3 rings (SSSR count). The largest absolute Gasteiger partial charge is 0.504 e. The summed E-state index contributed by atoms with van der Waals surface area (Å²) in [6, 6.07) is 20.6. The standard InChI is InChI=1S/C22H18Cl2N2O4/c23-16-10-11-20(17(24)12-16)30-14-22(28)26-25-18(15-6-2-1-3-7-15)13-29-21-9-5-4-8-19(21)27/h1-12,27H,13-14H2,(H,26,28). The number of phenolic OH excluding ortho intramolecular Hbond substituents is 1. The van der Waals surface area contributed by atoms with E-state index in [1.807, 2.05) is 30.3 Å². The molecule has 0 aliphatic heterocycles. The molecule has 0 heterocycles. The zero-order valence-electron chi connectivity index (χ0n) is 15.7. The van der Waals surface area contributed by atoms with Gasteiger partial charge in [0.2, 0.25) is 0 Å². The highest BCUT2D eigenvalue weighted by atomic mass is 35.5. The second kappa shape index (κ2) is 10.5. The Balaban J connectivity index is 1.65. The van der Waals surface area contributed by atoms with Crippen LogP contribution in [0.2, 0.25) is 10.0 Å². The normalized spacial score (nSPS) is 11.1. The number of benzene rings is 3. The summed E-state index contributed by atoms with van der Waals surface area (Å²) >= 11 is 11.9. The molecule has 0 radical (unpaired) electrons. The van der Waals surface area contributed by atoms with Crippen molar-refractivity contribution >= 4 is 34.8 Å². The van der Waals surface area contributed by atoms with E-state index in [0.717, 1.165) is 5.56 Å². The van der Waals surface area contributed by atoms with Crippen LogP contribution in [0.3, 0.4) is 0 Å². The lowest BCUT2D eigenvalue weighted by Crippen LogP contribution is -2.27. The monoisotopic (exact) mass is 444 g/mol. The molecule has 1 amide bonds. The molecule has 0 saturated heterocycles. The minimum Gasteiger partial charge on any atom is -0.504 e. The zero-order chi connectivity index (χ0) is 21.3. The average molecular weight is 445 g/mol. The summed E-state index contributed by atoms with van der Waals surface area (Å²) in [6.07, 6.45) is 0. The van der Waals surface area contributed by atoms with Gasteiger partial charge in [-0.2, -0.15) is 5.10 Å². The Labute approximate surface area is 183 Å². The van der Waals surface area contributed by atoms with Crippen molar-refractivity contribution in [1.29, 1.82) is 0 Å². The number of carbonyl (C=O) groups excluding carboxylic acids is 1. The number of hydrogen-bond acceptors (Lipinski definition) is 5. The molecule has 2 N–H and O–H groups in total. The first-order chi connectivity index (χ1) is 14.5. The molecule has 0 aliphatic carbocycles. The molecule has 0 fully saturated rings. The molecule has 0 bridgehead atoms. The van der Waals surface area contributed by atoms with E-state index in [2.05, 4.69) is 10.5 Å². The zero-order valence-corrected chi connectivity index (χ0v) is 17.2. The highest BCUT2D eigenvalue weighted by Crippen LogP contribution is 2.27. The molecule has 154 valence electrons. The van der Waals surface area contributed by atoms with Crippen LogP contribution in [0.15, 0.2) is 77.9 Å². The lowest BCUT2D eigenvalue weighted by Gasteiger charge is -2.11. The van der Waals surface area contributed by atoms with Gasteiger partial charge in [0.1, 0.15) is 18.1 Å². The molecule has 6 nitrogen and oxygen atoms in total. The van der Waals surface area contributed by atoms with Crippen molar-refractivity contribution in [1.82, 2.24) is 5.43 Å². The molecule has 3 aromatic rings. The maximum atomic E-state index is 12.2. The number of amides is 1. The minimum atomic E-state index is -0.475. The van der Waals surface area contributed by atoms with Crippen LogP contribution in [0, 0.1) is 0 Å². The number of nitrogens with one attached hydrogen (secondary N) is 1. The van der Waals surface area contributed by atoms with Gasteiger partial charge in [-0.1, -0.05) is 65.7 Å². The van der Waals surface area contributed by atoms with Crippen molar-refractivity contribution in [3.05, 3.63) is 88.4 Å². The van der Waals surface area contributed by atoms with E-state index < -0.39 is 5.91 Å². The lowest BCUT2D eigenvalue weighted by molar-refractivity contribution is -0.123. The van der Waals surface area contributed by atoms with E-state index in [1.165, 1.54) is 12.1 Å². The molecule has 0 saturated carbocycles. The van der Waals surface area contributed by atoms with Gasteiger partial charge in [-0.25, -0.2) is 5.43 Å². The van der Waals surface area contributed by atoms with Crippen LogP contribution in [0.4, 0.5) is 0 Å². The number of hydrazone groups is 1. The van der Waals surface area contributed by atoms with Gasteiger partial charge in [-0.15, -0.1) is 0 Å². The van der Waals surface area contributed by atoms with Crippen molar-refractivity contribution in [2.24, 2.45) is 5.10 Å². The van der Waals surface area contributed by atoms with Crippen LogP contribution in [-0.4, -0.2) is 29.9 Å². The summed E-state index contributed by atoms with van der Waals surface area (Å²) in [5, 5.41) is 14.8. The summed E-state index contributed by atoms with van der Waals surface area (Å²) in [7, 11) is 0. The number of halogens is 2. The predicted octanol–water partition coefficient (Wildman–Crippen LogP) is 4.68. The van der Waals surface area contributed by atoms with Gasteiger partial charge in [-0.3, -0.25) is 4.79 Å². The first-order valence-electron chi connectivity index (χ1n) is 8.92. The third kappa shape index (κ3) is 6.14. The van der Waals surface area contributed by atoms with E-state index in [-0.39, 0.29) is 19.0 Å². The van der Waals surface area contributed by atoms with Gasteiger partial charge in [0, 0.05) is 10.6 Å². The number of carbonyl (C=O) groups is 1. The summed E-state index contributed by atoms with van der Waals surface area (Å²) in [5.41, 5.74) is 3.67. The fourth-order valence-electron chi connectivity index (χ4n) is 2.43. The Bertz CT molecular complexity index is 1040. The van der Waals surface area contributed by atoms with E-state index in [4.69, 9.17) is 32.7 Å². The second-order valence-electron chi connectivity index (χ2n) is 6.08. The molecule has 30 heavy (non-hydrogen) atoms. The average Bonchev–Trinajstić information content (AvgIpc) is 2.75. The summed E-state index contributed by atoms with van der Waals surface area (Å²) in [6.45, 7) is -0.251. The molecule has 8 heteroatoms. The summed E-state index contributed by atoms with van der Waals surface area (Å²) < 4.78 is 11.0. The first kappa shape index (κ1) is 21.5. The number of aromatic hydroxyl groups is 1. The maximum absolute atomic E-state index is 12.2. The molecule has 3 aromatic carbocycles. The van der Waals surface area contributed by atoms with Crippen LogP contribution in [-0.2, 0) is 4.79 Å². The van der Waals surface area contributed by atoms with Gasteiger partial charge in [0.05, 0.1) is 5.02 Å². The van der Waals surface area contributed by atoms with Gasteiger partial charge >= 0.3 is 0 Å². The van der Waals surface area contributed by atoms with Crippen LogP contribution in [0.5, 0.6) is 17.2 Å². The number of hydrogen-bond donors (Lipinski definition) is 2. The molecule has 0 atom stereocenters. The molecular formula is C22H18Cl2N2O4. The lowest BCUT2D eigenvalue weighted by atomic mass is 10.1. The number of ether oxygens (including phenoxy) is 2. The third-order valence-corrected chi connectivity index (χ3v) is 4.44. The Morgan fingerprint density at radius 2 is 1.60 bits per heavy atom. The van der Waals surface area contributed by atoms with Crippen molar-refractivity contribution in [3.63, 3.8) is 0 Å². The van der Waals surface area contributed by atoms with E-state index in [0.29, 0.717) is 27.3 Å². The van der Waals surface area contributed by atoms with Gasteiger partial charge < -0.3 is 14.6 Å². The van der Waals surface area contributed by atoms with E-state index in [1.54, 1.807) is 30.3 Å². The van der Waals surface area contributed by atoms with Crippen molar-refractivity contribution in [2.75, 3.05) is 13.2 Å². The fourth-order valence-corrected chi connectivity index (χ4v) is 2.90. The number of para-hydroxylation sites is 2. The highest BCUT2D eigenvalue weighted by Gasteiger charge is 2.10. The number of phenols is 1. The Kier molecular flexibility index (Phi) is 7.54. The van der Waals surface area contributed by atoms with Crippen LogP contribution >= 0.6 is 23.2 Å². The first-order valence-corrected chi connectivity index (χ1v) is 9.68. The van der Waals surface area contributed by atoms with E-state index in [9.17, 15) is 9.90 Å². The Morgan fingerprint density at radius 3 is 2.33 bits per heavy atom. The second-order valence-corrected chi connectivity index (χ2v) is 6.92. The fraction of sp³-hybridized carbons (Fsp3) is 0.0909. The molecule has 0 unspecified atom stereocenters. The van der Waals surface area contributed by atoms with Gasteiger partial charge in [0.15, 0.2) is 18.1 Å². The van der Waals surface area contributed by atoms with Crippen LogP contribution in [0.25, 0.3) is 0 Å². The predicted molar refractivity (Wildman–Crippen MR) is 117 cm³/mol. The molecule has 0 spiro atoms. The molecule has 0 aromatic heterocycles. The van der Waals surface area contributed by atoms with Crippen molar-refractivity contribution in [3.8, 4) is 17.2 Å². The highest BCUT2D eigenvalue weighted by molar-refractivity contribution is 6.35. The van der Waals surface area contributed by atoms with Gasteiger partial charge in [-0.05, 0) is 30.3 Å². The van der Waals surface area contributed by atoms with Crippen molar-refractivity contribution in [2.45, 2.75) is 0 Å². The summed E-state index contributed by atoms with van der Waals surface area (Å²) in [5.74, 6) is 0.193. The number of rotatable bonds is 8. The quantitative estimate of drug-likeness (QED) is 0.390. The van der Waals surface area contributed by atoms with Crippen LogP contribution < -0.4 is 14.9 Å². The summed E-state index contributed by atoms with van der Waals surface area (Å²) in [4.78, 5) is 12.2. The smallest absolute Gasteiger partial charge is 0.277 e. The Hall–Kier alpha value is -3.22. The number of nitrogens with zero attached hydrogens (tertiary/aromatic N) is 1. The molecule has 0 aliphatic rings. The van der Waals surface area contributed by atoms with Gasteiger partial charge in [0.25, 0.3) is 5.91 Å². The minimum absolute atomic E-state index is 0.0159. The third-order valence-electron chi connectivity index (χ3n) is 3.90.